The van der Waals surface area contributed by atoms with E-state index < -0.39 is 0 Å². The third-order valence-electron chi connectivity index (χ3n) is 5.44. The van der Waals surface area contributed by atoms with Crippen molar-refractivity contribution in [3.8, 4) is 11.5 Å². The second kappa shape index (κ2) is 7.97. The summed E-state index contributed by atoms with van der Waals surface area (Å²) in [5.41, 5.74) is 2.04. The fraction of sp³-hybridized carbons (Fsp3) is 0.600. The van der Waals surface area contributed by atoms with E-state index in [2.05, 4.69) is 18.9 Å². The molecule has 2 aliphatic rings. The number of rotatable bonds is 5. The molecule has 0 atom stereocenters. The van der Waals surface area contributed by atoms with E-state index in [9.17, 15) is 4.79 Å². The van der Waals surface area contributed by atoms with E-state index in [0.29, 0.717) is 17.5 Å². The second-order valence-electron chi connectivity index (χ2n) is 7.75. The molecule has 7 heteroatoms. The minimum Gasteiger partial charge on any atom is -0.493 e. The summed E-state index contributed by atoms with van der Waals surface area (Å²) < 4.78 is 10.8. The smallest absolute Gasteiger partial charge is 0.237 e. The number of methoxy groups -OCH3 is 2. The normalized spacial score (nSPS) is 19.8. The third-order valence-corrected chi connectivity index (χ3v) is 5.67. The van der Waals surface area contributed by atoms with Crippen LogP contribution in [0.1, 0.15) is 32.3 Å². The van der Waals surface area contributed by atoms with Gasteiger partial charge in [-0.2, -0.15) is 5.10 Å². The Kier molecular flexibility index (Phi) is 5.84. The van der Waals surface area contributed by atoms with Crippen LogP contribution >= 0.6 is 11.6 Å². The molecule has 2 aliphatic heterocycles. The third kappa shape index (κ3) is 4.00. The Morgan fingerprint density at radius 3 is 2.48 bits per heavy atom. The zero-order chi connectivity index (χ0) is 19.6. The lowest BCUT2D eigenvalue weighted by molar-refractivity contribution is -0.130. The number of hydrogen-bond acceptors (Lipinski definition) is 5. The lowest BCUT2D eigenvalue weighted by Crippen LogP contribution is -2.46. The molecule has 1 aromatic carbocycles. The fourth-order valence-corrected chi connectivity index (χ4v) is 4.09. The van der Waals surface area contributed by atoms with Crippen LogP contribution in [-0.4, -0.2) is 67.3 Å². The number of likely N-dealkylation sites (tertiary alicyclic amines) is 1. The van der Waals surface area contributed by atoms with Crippen molar-refractivity contribution in [2.24, 2.45) is 10.5 Å². The number of benzene rings is 1. The number of nitrogens with zero attached hydrogens (tertiary/aromatic N) is 3. The summed E-state index contributed by atoms with van der Waals surface area (Å²) in [7, 11) is 3.28. The first-order valence-corrected chi connectivity index (χ1v) is 9.85. The minimum atomic E-state index is -0.0668. The standard InChI is InChI=1S/C20H28ClN3O3/c1-20(2)13-24(15-7-9-23(10-8-15)18(25)12-21)22-19(20)14-5-6-16(26-3)17(11-14)27-4/h5-6,11,15H,7-10,12-13H2,1-4H3. The Bertz CT molecular complexity index is 727. The van der Waals surface area contributed by atoms with Crippen molar-refractivity contribution >= 4 is 23.2 Å². The van der Waals surface area contributed by atoms with E-state index in [1.165, 1.54) is 0 Å². The van der Waals surface area contributed by atoms with E-state index in [4.69, 9.17) is 26.2 Å². The van der Waals surface area contributed by atoms with E-state index in [-0.39, 0.29) is 17.2 Å². The predicted octanol–water partition coefficient (Wildman–Crippen LogP) is 2.98. The van der Waals surface area contributed by atoms with Crippen molar-refractivity contribution < 1.29 is 14.3 Å². The van der Waals surface area contributed by atoms with Crippen LogP contribution in [0, 0.1) is 5.41 Å². The fourth-order valence-electron chi connectivity index (χ4n) is 3.92. The maximum Gasteiger partial charge on any atom is 0.237 e. The quantitative estimate of drug-likeness (QED) is 0.722. The molecule has 1 aromatic rings. The summed E-state index contributed by atoms with van der Waals surface area (Å²) in [5, 5.41) is 7.18. The first-order chi connectivity index (χ1) is 12.9. The molecular weight excluding hydrogens is 366 g/mol. The van der Waals surface area contributed by atoms with Gasteiger partial charge < -0.3 is 14.4 Å². The monoisotopic (exact) mass is 393 g/mol. The molecule has 0 unspecified atom stereocenters. The van der Waals surface area contributed by atoms with Crippen LogP contribution in [0.5, 0.6) is 11.5 Å². The SMILES string of the molecule is COc1ccc(C2=NN(C3CCN(C(=O)CCl)CC3)CC2(C)C)cc1OC. The highest BCUT2D eigenvalue weighted by atomic mass is 35.5. The molecule has 3 rings (SSSR count). The Labute approximate surface area is 166 Å². The molecule has 0 bridgehead atoms. The molecule has 148 valence electrons. The second-order valence-corrected chi connectivity index (χ2v) is 8.01. The lowest BCUT2D eigenvalue weighted by Gasteiger charge is -2.36. The van der Waals surface area contributed by atoms with Gasteiger partial charge in [-0.1, -0.05) is 13.8 Å². The lowest BCUT2D eigenvalue weighted by atomic mass is 9.84. The van der Waals surface area contributed by atoms with Crippen LogP contribution < -0.4 is 9.47 Å². The minimum absolute atomic E-state index is 0.0198. The van der Waals surface area contributed by atoms with Crippen LogP contribution in [0.2, 0.25) is 0 Å². The van der Waals surface area contributed by atoms with Gasteiger partial charge in [-0.15, -0.1) is 11.6 Å². The van der Waals surface area contributed by atoms with Crippen LogP contribution in [-0.2, 0) is 4.79 Å². The number of amides is 1. The van der Waals surface area contributed by atoms with Gasteiger partial charge in [-0.3, -0.25) is 9.80 Å². The van der Waals surface area contributed by atoms with Crippen molar-refractivity contribution in [3.05, 3.63) is 23.8 Å². The van der Waals surface area contributed by atoms with Gasteiger partial charge in [-0.05, 0) is 31.0 Å². The van der Waals surface area contributed by atoms with Gasteiger partial charge in [0.1, 0.15) is 5.88 Å². The van der Waals surface area contributed by atoms with Gasteiger partial charge in [0, 0.05) is 30.6 Å². The summed E-state index contributed by atoms with van der Waals surface area (Å²) >= 11 is 5.68. The highest BCUT2D eigenvalue weighted by Crippen LogP contribution is 2.36. The van der Waals surface area contributed by atoms with Crippen LogP contribution in [0.25, 0.3) is 0 Å². The highest BCUT2D eigenvalue weighted by Gasteiger charge is 2.39. The van der Waals surface area contributed by atoms with Crippen molar-refractivity contribution in [2.45, 2.75) is 32.7 Å². The van der Waals surface area contributed by atoms with Gasteiger partial charge in [0.25, 0.3) is 0 Å². The largest absolute Gasteiger partial charge is 0.493 e. The molecule has 2 heterocycles. The Morgan fingerprint density at radius 2 is 1.89 bits per heavy atom. The molecule has 0 aliphatic carbocycles. The van der Waals surface area contributed by atoms with Crippen molar-refractivity contribution in [1.29, 1.82) is 0 Å². The number of carbonyl (C=O) groups excluding carboxylic acids is 1. The topological polar surface area (TPSA) is 54.4 Å². The number of halogens is 1. The number of piperidine rings is 1. The molecular formula is C20H28ClN3O3. The van der Waals surface area contributed by atoms with E-state index in [1.54, 1.807) is 14.2 Å². The molecule has 0 aromatic heterocycles. The summed E-state index contributed by atoms with van der Waals surface area (Å²) in [6.07, 6.45) is 1.84. The molecule has 0 saturated carbocycles. The zero-order valence-electron chi connectivity index (χ0n) is 16.5. The maximum atomic E-state index is 11.8. The number of hydrazone groups is 1. The molecule has 1 amide bonds. The predicted molar refractivity (Wildman–Crippen MR) is 107 cm³/mol. The molecule has 0 radical (unpaired) electrons. The first-order valence-electron chi connectivity index (χ1n) is 9.31. The Balaban J connectivity index is 1.78. The number of ether oxygens (including phenoxy) is 2. The van der Waals surface area contributed by atoms with Gasteiger partial charge in [-0.25, -0.2) is 0 Å². The van der Waals surface area contributed by atoms with Gasteiger partial charge in [0.15, 0.2) is 11.5 Å². The van der Waals surface area contributed by atoms with Crippen molar-refractivity contribution in [2.75, 3.05) is 39.7 Å². The summed E-state index contributed by atoms with van der Waals surface area (Å²) in [5.74, 6) is 1.50. The molecule has 27 heavy (non-hydrogen) atoms. The van der Waals surface area contributed by atoms with Crippen LogP contribution in [0.3, 0.4) is 0 Å². The van der Waals surface area contributed by atoms with Crippen LogP contribution in [0.4, 0.5) is 0 Å². The Morgan fingerprint density at radius 1 is 1.22 bits per heavy atom. The Hall–Kier alpha value is -1.95. The highest BCUT2D eigenvalue weighted by molar-refractivity contribution is 6.27. The maximum absolute atomic E-state index is 11.8. The van der Waals surface area contributed by atoms with Gasteiger partial charge >= 0.3 is 0 Å². The van der Waals surface area contributed by atoms with Crippen molar-refractivity contribution in [3.63, 3.8) is 0 Å². The van der Waals surface area contributed by atoms with Crippen LogP contribution in [0.15, 0.2) is 23.3 Å². The first kappa shape index (κ1) is 19.8. The number of carbonyl (C=O) groups is 1. The molecule has 0 spiro atoms. The molecule has 6 nitrogen and oxygen atoms in total. The summed E-state index contributed by atoms with van der Waals surface area (Å²) in [4.78, 5) is 13.6. The molecule has 0 N–H and O–H groups in total. The van der Waals surface area contributed by atoms with E-state index in [1.807, 2.05) is 23.1 Å². The van der Waals surface area contributed by atoms with E-state index >= 15 is 0 Å². The zero-order valence-corrected chi connectivity index (χ0v) is 17.3. The van der Waals surface area contributed by atoms with Gasteiger partial charge in [0.2, 0.25) is 5.91 Å². The number of hydrogen-bond donors (Lipinski definition) is 0. The number of alkyl halides is 1. The summed E-state index contributed by atoms with van der Waals surface area (Å²) in [6, 6.07) is 6.30. The molecule has 1 fully saturated rings. The summed E-state index contributed by atoms with van der Waals surface area (Å²) in [6.45, 7) is 6.79. The van der Waals surface area contributed by atoms with E-state index in [0.717, 1.165) is 43.8 Å². The average Bonchev–Trinajstić information content (AvgIpc) is 3.02. The van der Waals surface area contributed by atoms with Crippen molar-refractivity contribution in [1.82, 2.24) is 9.91 Å². The molecule has 1 saturated heterocycles. The average molecular weight is 394 g/mol. The van der Waals surface area contributed by atoms with Gasteiger partial charge in [0.05, 0.1) is 26.0 Å².